The minimum Gasteiger partial charge on any atom is -0.280 e. The van der Waals surface area contributed by atoms with Gasteiger partial charge in [-0.1, -0.05) is 40.9 Å². The predicted octanol–water partition coefficient (Wildman–Crippen LogP) is 5.28. The molecule has 0 saturated heterocycles. The lowest BCUT2D eigenvalue weighted by Gasteiger charge is -2.10. The van der Waals surface area contributed by atoms with Crippen LogP contribution >= 0.6 is 34.8 Å². The van der Waals surface area contributed by atoms with Crippen LogP contribution in [-0.2, 0) is 19.9 Å². The highest BCUT2D eigenvalue weighted by molar-refractivity contribution is 7.93. The van der Waals surface area contributed by atoms with Gasteiger partial charge in [0.15, 0.2) is 0 Å². The molecule has 0 unspecified atom stereocenters. The summed E-state index contributed by atoms with van der Waals surface area (Å²) in [5.41, 5.74) is 0.294. The molecule has 0 aliphatic heterocycles. The molecule has 0 atom stereocenters. The highest BCUT2D eigenvalue weighted by Gasteiger charge is 2.22. The standard InChI is InChI=1S/C18H12Cl3NO4S2/c19-12-4-6-13(7-5-12)22-28(25,26)16-3-1-2-14(10-16)27(23,24)15-8-9-17(20)18(21)11-15/h1-11,22H. The topological polar surface area (TPSA) is 80.3 Å². The Morgan fingerprint density at radius 3 is 1.89 bits per heavy atom. The first-order valence-corrected chi connectivity index (χ1v) is 11.8. The number of sulfone groups is 1. The van der Waals surface area contributed by atoms with Gasteiger partial charge in [0.1, 0.15) is 0 Å². The van der Waals surface area contributed by atoms with Gasteiger partial charge in [0.05, 0.1) is 24.7 Å². The maximum atomic E-state index is 12.8. The first-order valence-electron chi connectivity index (χ1n) is 7.68. The van der Waals surface area contributed by atoms with Crippen LogP contribution in [0.4, 0.5) is 5.69 Å². The second kappa shape index (κ2) is 7.93. The van der Waals surface area contributed by atoms with E-state index in [0.717, 1.165) is 6.07 Å². The summed E-state index contributed by atoms with van der Waals surface area (Å²) in [6.07, 6.45) is 0. The number of halogens is 3. The average molecular weight is 477 g/mol. The smallest absolute Gasteiger partial charge is 0.261 e. The summed E-state index contributed by atoms with van der Waals surface area (Å²) in [6, 6.07) is 15.0. The quantitative estimate of drug-likeness (QED) is 0.543. The number of benzene rings is 3. The lowest BCUT2D eigenvalue weighted by molar-refractivity contribution is 0.595. The molecule has 10 heteroatoms. The van der Waals surface area contributed by atoms with Crippen LogP contribution in [0.2, 0.25) is 15.1 Å². The number of rotatable bonds is 5. The van der Waals surface area contributed by atoms with E-state index < -0.39 is 19.9 Å². The molecule has 0 amide bonds. The molecule has 5 nitrogen and oxygen atoms in total. The van der Waals surface area contributed by atoms with Crippen molar-refractivity contribution in [2.24, 2.45) is 0 Å². The highest BCUT2D eigenvalue weighted by atomic mass is 35.5. The number of nitrogens with one attached hydrogen (secondary N) is 1. The van der Waals surface area contributed by atoms with Gasteiger partial charge in [-0.3, -0.25) is 4.72 Å². The molecule has 0 radical (unpaired) electrons. The Hall–Kier alpha value is -1.77. The minimum absolute atomic E-state index is 0.0796. The largest absolute Gasteiger partial charge is 0.280 e. The summed E-state index contributed by atoms with van der Waals surface area (Å²) in [7, 11) is -8.00. The van der Waals surface area contributed by atoms with E-state index in [0.29, 0.717) is 10.7 Å². The van der Waals surface area contributed by atoms with Crippen LogP contribution in [-0.4, -0.2) is 16.8 Å². The normalized spacial score (nSPS) is 12.0. The summed E-state index contributed by atoms with van der Waals surface area (Å²) in [6.45, 7) is 0. The van der Waals surface area contributed by atoms with Gasteiger partial charge in [-0.05, 0) is 60.7 Å². The van der Waals surface area contributed by atoms with Crippen LogP contribution in [0.15, 0.2) is 81.4 Å². The monoisotopic (exact) mass is 475 g/mol. The summed E-state index contributed by atoms with van der Waals surface area (Å²) in [5, 5.41) is 0.748. The molecule has 3 aromatic carbocycles. The van der Waals surface area contributed by atoms with Gasteiger partial charge in [-0.15, -0.1) is 0 Å². The van der Waals surface area contributed by atoms with Crippen molar-refractivity contribution in [1.29, 1.82) is 0 Å². The van der Waals surface area contributed by atoms with Crippen LogP contribution < -0.4 is 4.72 Å². The van der Waals surface area contributed by atoms with Gasteiger partial charge < -0.3 is 0 Å². The highest BCUT2D eigenvalue weighted by Crippen LogP contribution is 2.29. The van der Waals surface area contributed by atoms with E-state index >= 15 is 0 Å². The molecular weight excluding hydrogens is 465 g/mol. The Balaban J connectivity index is 1.99. The van der Waals surface area contributed by atoms with Crippen LogP contribution in [0.5, 0.6) is 0 Å². The van der Waals surface area contributed by atoms with Gasteiger partial charge in [0, 0.05) is 10.7 Å². The molecule has 0 bridgehead atoms. The molecular formula is C18H12Cl3NO4S2. The zero-order valence-electron chi connectivity index (χ0n) is 13.9. The van der Waals surface area contributed by atoms with Crippen molar-refractivity contribution in [3.05, 3.63) is 81.8 Å². The first-order chi connectivity index (χ1) is 13.1. The Morgan fingerprint density at radius 2 is 1.25 bits per heavy atom. The van der Waals surface area contributed by atoms with Crippen LogP contribution in [0.3, 0.4) is 0 Å². The Bertz CT molecular complexity index is 1240. The molecule has 146 valence electrons. The molecule has 3 aromatic rings. The molecule has 0 aliphatic rings. The second-order valence-electron chi connectivity index (χ2n) is 5.67. The third-order valence-corrected chi connectivity index (χ3v) is 7.84. The van der Waals surface area contributed by atoms with Crippen LogP contribution in [0.1, 0.15) is 0 Å². The van der Waals surface area contributed by atoms with Crippen molar-refractivity contribution < 1.29 is 16.8 Å². The fourth-order valence-corrected chi connectivity index (χ4v) is 5.32. The van der Waals surface area contributed by atoms with E-state index in [1.54, 1.807) is 0 Å². The Morgan fingerprint density at radius 1 is 0.643 bits per heavy atom. The molecule has 0 spiro atoms. The first kappa shape index (κ1) is 21.0. The van der Waals surface area contributed by atoms with Gasteiger partial charge in [-0.2, -0.15) is 0 Å². The molecule has 0 aromatic heterocycles. The van der Waals surface area contributed by atoms with E-state index in [9.17, 15) is 16.8 Å². The number of sulfonamides is 1. The molecule has 0 heterocycles. The molecule has 1 N–H and O–H groups in total. The minimum atomic E-state index is -4.01. The predicted molar refractivity (Wildman–Crippen MR) is 111 cm³/mol. The van der Waals surface area contributed by atoms with Crippen molar-refractivity contribution in [3.8, 4) is 0 Å². The zero-order chi connectivity index (χ0) is 20.5. The van der Waals surface area contributed by atoms with Crippen LogP contribution in [0.25, 0.3) is 0 Å². The van der Waals surface area contributed by atoms with E-state index in [2.05, 4.69) is 4.72 Å². The molecule has 0 aliphatic carbocycles. The van der Waals surface area contributed by atoms with Crippen molar-refractivity contribution in [2.45, 2.75) is 14.7 Å². The maximum absolute atomic E-state index is 12.8. The SMILES string of the molecule is O=S(=O)(Nc1ccc(Cl)cc1)c1cccc(S(=O)(=O)c2ccc(Cl)c(Cl)c2)c1. The molecule has 3 rings (SSSR count). The van der Waals surface area contributed by atoms with Gasteiger partial charge in [-0.25, -0.2) is 16.8 Å². The van der Waals surface area contributed by atoms with E-state index in [1.807, 2.05) is 0 Å². The van der Waals surface area contributed by atoms with E-state index in [1.165, 1.54) is 60.7 Å². The fourth-order valence-electron chi connectivity index (χ4n) is 2.32. The third-order valence-electron chi connectivity index (χ3n) is 3.72. The molecule has 0 saturated carbocycles. The van der Waals surface area contributed by atoms with Crippen molar-refractivity contribution in [1.82, 2.24) is 0 Å². The fraction of sp³-hybridized carbons (Fsp3) is 0. The number of hydrogen-bond acceptors (Lipinski definition) is 4. The van der Waals surface area contributed by atoms with Crippen molar-refractivity contribution >= 4 is 60.4 Å². The lowest BCUT2D eigenvalue weighted by atomic mass is 10.3. The average Bonchev–Trinajstić information content (AvgIpc) is 2.65. The summed E-state index contributed by atoms with van der Waals surface area (Å²) in [4.78, 5) is -0.490. The van der Waals surface area contributed by atoms with Crippen LogP contribution in [0, 0.1) is 0 Å². The van der Waals surface area contributed by atoms with Crippen molar-refractivity contribution in [3.63, 3.8) is 0 Å². The van der Waals surface area contributed by atoms with Crippen molar-refractivity contribution in [2.75, 3.05) is 4.72 Å². The number of anilines is 1. The molecule has 0 fully saturated rings. The second-order valence-corrected chi connectivity index (χ2v) is 10.5. The Labute approximate surface area is 177 Å². The van der Waals surface area contributed by atoms with Gasteiger partial charge >= 0.3 is 0 Å². The van der Waals surface area contributed by atoms with Gasteiger partial charge in [0.25, 0.3) is 10.0 Å². The van der Waals surface area contributed by atoms with E-state index in [-0.39, 0.29) is 24.7 Å². The Kier molecular flexibility index (Phi) is 5.93. The third kappa shape index (κ3) is 4.45. The van der Waals surface area contributed by atoms with E-state index in [4.69, 9.17) is 34.8 Å². The lowest BCUT2D eigenvalue weighted by Crippen LogP contribution is -2.13. The molecule has 28 heavy (non-hydrogen) atoms. The summed E-state index contributed by atoms with van der Waals surface area (Å²) < 4.78 is 53.3. The summed E-state index contributed by atoms with van der Waals surface area (Å²) in [5.74, 6) is 0. The maximum Gasteiger partial charge on any atom is 0.261 e. The number of hydrogen-bond donors (Lipinski definition) is 1. The zero-order valence-corrected chi connectivity index (χ0v) is 17.8. The van der Waals surface area contributed by atoms with Gasteiger partial charge in [0.2, 0.25) is 9.84 Å². The summed E-state index contributed by atoms with van der Waals surface area (Å²) >= 11 is 17.5.